The zero-order valence-electron chi connectivity index (χ0n) is 19.3. The number of likely N-dealkylation sites (N-methyl/N-ethyl adjacent to an activating group) is 1. The molecule has 0 unspecified atom stereocenters. The summed E-state index contributed by atoms with van der Waals surface area (Å²) in [5.74, 6) is 0.0255. The third-order valence-corrected chi connectivity index (χ3v) is 5.31. The number of nitrogens with one attached hydrogen (secondary N) is 2. The van der Waals surface area contributed by atoms with E-state index in [1.54, 1.807) is 18.2 Å². The summed E-state index contributed by atoms with van der Waals surface area (Å²) < 4.78 is 5.47. The summed E-state index contributed by atoms with van der Waals surface area (Å²) in [6, 6.07) is 15.4. The molecule has 7 nitrogen and oxygen atoms in total. The predicted octanol–water partition coefficient (Wildman–Crippen LogP) is 2.98. The van der Waals surface area contributed by atoms with Crippen LogP contribution in [-0.2, 0) is 16.1 Å². The average Bonchev–Trinajstić information content (AvgIpc) is 2.78. The first-order valence-corrected chi connectivity index (χ1v) is 11.2. The van der Waals surface area contributed by atoms with E-state index in [-0.39, 0.29) is 18.4 Å². The first-order chi connectivity index (χ1) is 15.4. The molecule has 0 aliphatic carbocycles. The summed E-state index contributed by atoms with van der Waals surface area (Å²) in [6.45, 7) is 8.76. The number of morpholine rings is 1. The maximum absolute atomic E-state index is 12.7. The van der Waals surface area contributed by atoms with E-state index >= 15 is 0 Å². The molecule has 1 aliphatic heterocycles. The Labute approximate surface area is 190 Å². The van der Waals surface area contributed by atoms with Gasteiger partial charge in [0, 0.05) is 31.9 Å². The molecule has 0 atom stereocenters. The molecule has 7 heteroatoms. The Kier molecular flexibility index (Phi) is 8.64. The van der Waals surface area contributed by atoms with Crippen molar-refractivity contribution < 1.29 is 14.3 Å². The Morgan fingerprint density at radius 3 is 2.50 bits per heavy atom. The number of para-hydroxylation sites is 2. The van der Waals surface area contributed by atoms with Gasteiger partial charge in [-0.15, -0.1) is 0 Å². The molecule has 2 N–H and O–H groups in total. The van der Waals surface area contributed by atoms with E-state index in [0.717, 1.165) is 26.3 Å². The number of carbonyl (C=O) groups excluding carboxylic acids is 2. The van der Waals surface area contributed by atoms with Crippen molar-refractivity contribution in [2.45, 2.75) is 20.4 Å². The first kappa shape index (κ1) is 23.8. The minimum atomic E-state index is -0.178. The zero-order chi connectivity index (χ0) is 22.9. The van der Waals surface area contributed by atoms with E-state index in [9.17, 15) is 9.59 Å². The van der Waals surface area contributed by atoms with Gasteiger partial charge in [-0.25, -0.2) is 0 Å². The Hall–Kier alpha value is -2.90. The summed E-state index contributed by atoms with van der Waals surface area (Å²) in [6.07, 6.45) is 0. The number of ether oxygens (including phenoxy) is 1. The van der Waals surface area contributed by atoms with Gasteiger partial charge in [0.05, 0.1) is 31.0 Å². The van der Waals surface area contributed by atoms with Gasteiger partial charge in [0.15, 0.2) is 0 Å². The van der Waals surface area contributed by atoms with Gasteiger partial charge in [-0.1, -0.05) is 44.2 Å². The number of hydrogen-bond donors (Lipinski definition) is 2. The number of benzene rings is 2. The molecule has 0 saturated carbocycles. The second-order valence-corrected chi connectivity index (χ2v) is 8.60. The average molecular weight is 439 g/mol. The second kappa shape index (κ2) is 11.6. The number of carbonyl (C=O) groups is 2. The molecule has 172 valence electrons. The van der Waals surface area contributed by atoms with Crippen LogP contribution in [-0.4, -0.2) is 63.2 Å². The number of rotatable bonds is 9. The molecule has 32 heavy (non-hydrogen) atoms. The largest absolute Gasteiger partial charge is 0.378 e. The third kappa shape index (κ3) is 6.80. The Morgan fingerprint density at radius 1 is 1.06 bits per heavy atom. The van der Waals surface area contributed by atoms with E-state index in [0.29, 0.717) is 30.3 Å². The van der Waals surface area contributed by atoms with Gasteiger partial charge in [-0.2, -0.15) is 0 Å². The van der Waals surface area contributed by atoms with E-state index in [1.165, 1.54) is 11.3 Å². The highest BCUT2D eigenvalue weighted by Gasteiger charge is 2.17. The lowest BCUT2D eigenvalue weighted by Crippen LogP contribution is -2.37. The van der Waals surface area contributed by atoms with Crippen molar-refractivity contribution in [1.82, 2.24) is 10.2 Å². The van der Waals surface area contributed by atoms with Crippen molar-refractivity contribution >= 4 is 23.2 Å². The highest BCUT2D eigenvalue weighted by molar-refractivity contribution is 6.04. The molecule has 0 radical (unpaired) electrons. The molecule has 2 aromatic carbocycles. The van der Waals surface area contributed by atoms with E-state index in [4.69, 9.17) is 4.74 Å². The summed E-state index contributed by atoms with van der Waals surface area (Å²) >= 11 is 0. The first-order valence-electron chi connectivity index (χ1n) is 11.2. The van der Waals surface area contributed by atoms with Crippen LogP contribution in [0.1, 0.15) is 29.8 Å². The van der Waals surface area contributed by atoms with E-state index < -0.39 is 0 Å². The Morgan fingerprint density at radius 2 is 1.75 bits per heavy atom. The molecule has 0 spiro atoms. The van der Waals surface area contributed by atoms with Crippen LogP contribution in [0.5, 0.6) is 0 Å². The Bertz CT molecular complexity index is 910. The standard InChI is InChI=1S/C25H34N4O3/c1-19(2)16-26-25(31)21-9-5-6-10-22(21)27-24(30)18-28(3)17-20-8-4-7-11-23(20)29-12-14-32-15-13-29/h4-11,19H,12-18H2,1-3H3,(H,26,31)(H,27,30). The Balaban J connectivity index is 1.60. The van der Waals surface area contributed by atoms with Crippen LogP contribution in [0.4, 0.5) is 11.4 Å². The fourth-order valence-electron chi connectivity index (χ4n) is 3.72. The third-order valence-electron chi connectivity index (χ3n) is 5.31. The molecule has 1 fully saturated rings. The minimum Gasteiger partial charge on any atom is -0.378 e. The molecular weight excluding hydrogens is 404 g/mol. The van der Waals surface area contributed by atoms with Crippen molar-refractivity contribution in [3.63, 3.8) is 0 Å². The van der Waals surface area contributed by atoms with Crippen molar-refractivity contribution in [3.8, 4) is 0 Å². The normalized spacial score (nSPS) is 14.0. The number of nitrogens with zero attached hydrogens (tertiary/aromatic N) is 2. The summed E-state index contributed by atoms with van der Waals surface area (Å²) in [5, 5.41) is 5.81. The fourth-order valence-corrected chi connectivity index (χ4v) is 3.72. The predicted molar refractivity (Wildman–Crippen MR) is 128 cm³/mol. The van der Waals surface area contributed by atoms with Crippen LogP contribution >= 0.6 is 0 Å². The number of amides is 2. The van der Waals surface area contributed by atoms with Gasteiger partial charge in [0.1, 0.15) is 0 Å². The number of anilines is 2. The van der Waals surface area contributed by atoms with Gasteiger partial charge in [0.25, 0.3) is 5.91 Å². The molecule has 1 heterocycles. The smallest absolute Gasteiger partial charge is 0.253 e. The van der Waals surface area contributed by atoms with E-state index in [1.807, 2.05) is 44.0 Å². The molecular formula is C25H34N4O3. The van der Waals surface area contributed by atoms with Gasteiger partial charge >= 0.3 is 0 Å². The van der Waals surface area contributed by atoms with Gasteiger partial charge < -0.3 is 20.3 Å². The van der Waals surface area contributed by atoms with Crippen molar-refractivity contribution in [2.24, 2.45) is 5.92 Å². The minimum absolute atomic E-state index is 0.152. The SMILES string of the molecule is CC(C)CNC(=O)c1ccccc1NC(=O)CN(C)Cc1ccccc1N1CCOCC1. The molecule has 2 aromatic rings. The lowest BCUT2D eigenvalue weighted by Gasteiger charge is -2.31. The monoisotopic (exact) mass is 438 g/mol. The van der Waals surface area contributed by atoms with Crippen LogP contribution in [0.3, 0.4) is 0 Å². The highest BCUT2D eigenvalue weighted by Crippen LogP contribution is 2.23. The number of hydrogen-bond acceptors (Lipinski definition) is 5. The van der Waals surface area contributed by atoms with Crippen LogP contribution in [0.25, 0.3) is 0 Å². The van der Waals surface area contributed by atoms with Crippen LogP contribution in [0.15, 0.2) is 48.5 Å². The zero-order valence-corrected chi connectivity index (χ0v) is 19.3. The quantitative estimate of drug-likeness (QED) is 0.630. The summed E-state index contributed by atoms with van der Waals surface area (Å²) in [5.41, 5.74) is 3.37. The molecule has 1 aliphatic rings. The molecule has 0 aromatic heterocycles. The fraction of sp³-hybridized carbons (Fsp3) is 0.440. The lowest BCUT2D eigenvalue weighted by atomic mass is 10.1. The maximum atomic E-state index is 12.7. The van der Waals surface area contributed by atoms with Gasteiger partial charge in [0.2, 0.25) is 5.91 Å². The van der Waals surface area contributed by atoms with Gasteiger partial charge in [-0.05, 0) is 36.7 Å². The van der Waals surface area contributed by atoms with Crippen LogP contribution in [0, 0.1) is 5.92 Å². The summed E-state index contributed by atoms with van der Waals surface area (Å²) in [7, 11) is 1.93. The second-order valence-electron chi connectivity index (χ2n) is 8.60. The van der Waals surface area contributed by atoms with Crippen LogP contribution in [0.2, 0.25) is 0 Å². The molecule has 2 amide bonds. The molecule has 3 rings (SSSR count). The van der Waals surface area contributed by atoms with Crippen LogP contribution < -0.4 is 15.5 Å². The lowest BCUT2D eigenvalue weighted by molar-refractivity contribution is -0.117. The van der Waals surface area contributed by atoms with E-state index in [2.05, 4.69) is 27.7 Å². The van der Waals surface area contributed by atoms with Crippen molar-refractivity contribution in [1.29, 1.82) is 0 Å². The maximum Gasteiger partial charge on any atom is 0.253 e. The van der Waals surface area contributed by atoms with Crippen molar-refractivity contribution in [2.75, 3.05) is 56.7 Å². The van der Waals surface area contributed by atoms with Crippen molar-refractivity contribution in [3.05, 3.63) is 59.7 Å². The summed E-state index contributed by atoms with van der Waals surface area (Å²) in [4.78, 5) is 29.6. The highest BCUT2D eigenvalue weighted by atomic mass is 16.5. The van der Waals surface area contributed by atoms with Gasteiger partial charge in [-0.3, -0.25) is 14.5 Å². The molecule has 0 bridgehead atoms. The topological polar surface area (TPSA) is 73.9 Å². The molecule has 1 saturated heterocycles.